The molecule has 0 spiro atoms. The maximum Gasteiger partial charge on any atom is 0.300 e. The maximum absolute atomic E-state index is 12.7. The number of aromatic amines is 1. The van der Waals surface area contributed by atoms with Gasteiger partial charge in [0.15, 0.2) is 11.4 Å². The van der Waals surface area contributed by atoms with Crippen LogP contribution in [-0.2, 0) is 19.8 Å². The van der Waals surface area contributed by atoms with Crippen LogP contribution in [0.25, 0.3) is 5.69 Å². The Morgan fingerprint density at radius 1 is 1.29 bits per heavy atom. The number of nitriles is 1. The van der Waals surface area contributed by atoms with Crippen LogP contribution >= 0.6 is 11.6 Å². The third-order valence-corrected chi connectivity index (χ3v) is 5.13. The lowest BCUT2D eigenvalue weighted by atomic mass is 10.1. The summed E-state index contributed by atoms with van der Waals surface area (Å²) in [7, 11) is -1.23. The number of ether oxygens (including phenoxy) is 2. The zero-order chi connectivity index (χ0) is 22.4. The van der Waals surface area contributed by atoms with Gasteiger partial charge in [0.25, 0.3) is 5.56 Å². The van der Waals surface area contributed by atoms with E-state index in [0.717, 1.165) is 4.68 Å². The van der Waals surface area contributed by atoms with E-state index in [4.69, 9.17) is 21.1 Å². The van der Waals surface area contributed by atoms with Gasteiger partial charge in [0.2, 0.25) is 10.3 Å². The average molecular weight is 462 g/mol. The molecule has 10 nitrogen and oxygen atoms in total. The summed E-state index contributed by atoms with van der Waals surface area (Å²) >= 11 is 6.08. The number of aromatic nitrogens is 2. The monoisotopic (exact) mass is 461 g/mol. The molecule has 0 amide bonds. The fourth-order valence-corrected chi connectivity index (χ4v) is 3.52. The molecule has 1 aromatic heterocycles. The molecule has 0 saturated carbocycles. The van der Waals surface area contributed by atoms with Crippen LogP contribution in [0.1, 0.15) is 5.69 Å². The molecule has 1 aliphatic rings. The first-order valence-electron chi connectivity index (χ1n) is 8.85. The molecule has 12 heteroatoms. The van der Waals surface area contributed by atoms with E-state index in [1.165, 1.54) is 19.3 Å². The number of hydrogen-bond donors (Lipinski definition) is 1. The predicted octanol–water partition coefficient (Wildman–Crippen LogP) is 2.22. The lowest BCUT2D eigenvalue weighted by Gasteiger charge is -2.17. The molecule has 3 rings (SSSR count). The number of hydrogen-bond acceptors (Lipinski definition) is 8. The van der Waals surface area contributed by atoms with Crippen LogP contribution < -0.4 is 5.56 Å². The Balaban J connectivity index is 1.99. The van der Waals surface area contributed by atoms with Gasteiger partial charge < -0.3 is 9.47 Å². The highest BCUT2D eigenvalue weighted by molar-refractivity contribution is 7.73. The first kappa shape index (κ1) is 22.2. The van der Waals surface area contributed by atoms with E-state index in [-0.39, 0.29) is 40.3 Å². The number of methoxy groups -OCH3 is 1. The molecular formula is C19H16ClN5O5S. The summed E-state index contributed by atoms with van der Waals surface area (Å²) in [5.41, 5.74) is -0.506. The summed E-state index contributed by atoms with van der Waals surface area (Å²) < 4.78 is 35.1. The molecule has 0 bridgehead atoms. The summed E-state index contributed by atoms with van der Waals surface area (Å²) in [4.78, 5) is 12.5. The highest BCUT2D eigenvalue weighted by Crippen LogP contribution is 2.23. The summed E-state index contributed by atoms with van der Waals surface area (Å²) in [6.45, 7) is 0.326. The van der Waals surface area contributed by atoms with Crippen LogP contribution in [0.5, 0.6) is 0 Å². The van der Waals surface area contributed by atoms with E-state index in [9.17, 15) is 18.5 Å². The molecule has 1 aromatic carbocycles. The summed E-state index contributed by atoms with van der Waals surface area (Å²) in [5, 5.41) is 20.0. The SMILES string of the molecule is COCCOC1=CC(Cl)=CC(N=Nc2c(C#N)[nH]n(-c3ccccc3)c2=O)C1=S(=O)=O. The summed E-state index contributed by atoms with van der Waals surface area (Å²) in [6.07, 6.45) is 2.68. The van der Waals surface area contributed by atoms with Crippen molar-refractivity contribution in [2.75, 3.05) is 20.3 Å². The van der Waals surface area contributed by atoms with Crippen LogP contribution in [0, 0.1) is 11.3 Å². The minimum atomic E-state index is -2.71. The van der Waals surface area contributed by atoms with Gasteiger partial charge in [-0.1, -0.05) is 29.8 Å². The molecular weight excluding hydrogens is 446 g/mol. The number of azo groups is 1. The smallest absolute Gasteiger partial charge is 0.300 e. The van der Waals surface area contributed by atoms with Gasteiger partial charge in [0.1, 0.15) is 29.3 Å². The molecule has 1 heterocycles. The van der Waals surface area contributed by atoms with Crippen LogP contribution in [0.2, 0.25) is 0 Å². The quantitative estimate of drug-likeness (QED) is 0.381. The highest BCUT2D eigenvalue weighted by atomic mass is 35.5. The topological polar surface area (TPSA) is 139 Å². The Morgan fingerprint density at radius 3 is 2.68 bits per heavy atom. The first-order chi connectivity index (χ1) is 15.0. The number of rotatable bonds is 7. The minimum Gasteiger partial charge on any atom is -0.490 e. The highest BCUT2D eigenvalue weighted by Gasteiger charge is 2.26. The molecule has 1 unspecified atom stereocenters. The van der Waals surface area contributed by atoms with Gasteiger partial charge in [-0.15, -0.1) is 5.11 Å². The molecule has 0 aliphatic heterocycles. The number of nitrogens with one attached hydrogen (secondary N) is 1. The molecule has 0 saturated heterocycles. The number of nitrogens with zero attached hydrogens (tertiary/aromatic N) is 4. The van der Waals surface area contributed by atoms with Crippen LogP contribution in [0.4, 0.5) is 5.69 Å². The maximum atomic E-state index is 12.7. The van der Waals surface area contributed by atoms with Crippen molar-refractivity contribution in [3.05, 3.63) is 69.3 Å². The van der Waals surface area contributed by atoms with E-state index < -0.39 is 21.9 Å². The standard InChI is InChI=1S/C19H16ClN5O5S/c1-29-7-8-30-16-10-12(20)9-14(18(16)31(27)28)22-23-17-15(11-21)24-25(19(17)26)13-5-3-2-4-6-13/h2-6,9-10,14,24H,7-8H2,1H3. The predicted molar refractivity (Wildman–Crippen MR) is 113 cm³/mol. The molecule has 1 N–H and O–H groups in total. The van der Waals surface area contributed by atoms with Crippen molar-refractivity contribution in [2.24, 2.45) is 10.2 Å². The summed E-state index contributed by atoms with van der Waals surface area (Å²) in [6, 6.07) is 9.29. The van der Waals surface area contributed by atoms with E-state index in [2.05, 4.69) is 15.3 Å². The van der Waals surface area contributed by atoms with Crippen LogP contribution in [0.15, 0.2) is 68.3 Å². The Hall–Kier alpha value is -3.46. The van der Waals surface area contributed by atoms with Crippen molar-refractivity contribution in [3.8, 4) is 11.8 Å². The van der Waals surface area contributed by atoms with Crippen molar-refractivity contribution in [3.63, 3.8) is 0 Å². The van der Waals surface area contributed by atoms with E-state index in [1.807, 2.05) is 6.07 Å². The second-order valence-electron chi connectivity index (χ2n) is 6.08. The second-order valence-corrected chi connectivity index (χ2v) is 7.43. The van der Waals surface area contributed by atoms with Crippen molar-refractivity contribution in [1.82, 2.24) is 9.78 Å². The Kier molecular flexibility index (Phi) is 7.19. The molecule has 1 atom stereocenters. The number of H-pyrrole nitrogens is 1. The molecule has 0 radical (unpaired) electrons. The molecule has 0 fully saturated rings. The van der Waals surface area contributed by atoms with Crippen molar-refractivity contribution >= 4 is 32.4 Å². The normalized spacial score (nSPS) is 16.0. The van der Waals surface area contributed by atoms with Crippen molar-refractivity contribution in [1.29, 1.82) is 5.26 Å². The van der Waals surface area contributed by atoms with Gasteiger partial charge in [-0.3, -0.25) is 9.89 Å². The Labute approximate surface area is 183 Å². The molecule has 1 aliphatic carbocycles. The molecule has 160 valence electrons. The Morgan fingerprint density at radius 2 is 2.03 bits per heavy atom. The number of para-hydroxylation sites is 1. The average Bonchev–Trinajstić information content (AvgIpc) is 3.08. The van der Waals surface area contributed by atoms with Crippen molar-refractivity contribution < 1.29 is 17.9 Å². The summed E-state index contributed by atoms with van der Waals surface area (Å²) in [5.74, 6) is -0.00175. The van der Waals surface area contributed by atoms with E-state index in [0.29, 0.717) is 5.69 Å². The van der Waals surface area contributed by atoms with E-state index in [1.54, 1.807) is 30.3 Å². The molecule has 31 heavy (non-hydrogen) atoms. The van der Waals surface area contributed by atoms with Gasteiger partial charge in [-0.2, -0.15) is 18.8 Å². The minimum absolute atomic E-state index is 0.00175. The van der Waals surface area contributed by atoms with Crippen LogP contribution in [0.3, 0.4) is 0 Å². The van der Waals surface area contributed by atoms with Gasteiger partial charge in [-0.05, 0) is 24.3 Å². The zero-order valence-corrected chi connectivity index (χ0v) is 17.7. The number of allylic oxidation sites excluding steroid dienone is 2. The van der Waals surface area contributed by atoms with Gasteiger partial charge >= 0.3 is 0 Å². The lowest BCUT2D eigenvalue weighted by molar-refractivity contribution is 0.117. The van der Waals surface area contributed by atoms with Gasteiger partial charge in [0.05, 0.1) is 12.3 Å². The number of benzene rings is 1. The first-order valence-corrected chi connectivity index (χ1v) is 10.3. The Bertz CT molecular complexity index is 1290. The van der Waals surface area contributed by atoms with Crippen molar-refractivity contribution in [2.45, 2.75) is 6.04 Å². The van der Waals surface area contributed by atoms with Crippen LogP contribution in [-0.4, -0.2) is 49.4 Å². The second kappa shape index (κ2) is 10.0. The van der Waals surface area contributed by atoms with E-state index >= 15 is 0 Å². The largest absolute Gasteiger partial charge is 0.490 e. The third kappa shape index (κ3) is 5.00. The fraction of sp³-hybridized carbons (Fsp3) is 0.211. The third-order valence-electron chi connectivity index (χ3n) is 4.10. The van der Waals surface area contributed by atoms with Gasteiger partial charge in [0, 0.05) is 12.1 Å². The fourth-order valence-electron chi connectivity index (χ4n) is 2.71. The lowest BCUT2D eigenvalue weighted by Crippen LogP contribution is -2.25. The van der Waals surface area contributed by atoms with Gasteiger partial charge in [-0.25, -0.2) is 4.68 Å². The number of halogens is 1. The zero-order valence-electron chi connectivity index (χ0n) is 16.1. The molecule has 2 aromatic rings.